The number of rotatable bonds is 5. The van der Waals surface area contributed by atoms with Crippen molar-refractivity contribution in [2.45, 2.75) is 12.8 Å². The van der Waals surface area contributed by atoms with Crippen LogP contribution in [0.25, 0.3) is 0 Å². The molecule has 0 radical (unpaired) electrons. The van der Waals surface area contributed by atoms with Crippen molar-refractivity contribution >= 4 is 6.29 Å². The van der Waals surface area contributed by atoms with Gasteiger partial charge in [0, 0.05) is 12.5 Å². The van der Waals surface area contributed by atoms with Gasteiger partial charge < -0.3 is 14.2 Å². The number of carbonyl (C=O) groups is 1. The molecule has 1 heterocycles. The lowest BCUT2D eigenvalue weighted by atomic mass is 10.2. The van der Waals surface area contributed by atoms with E-state index in [1.807, 2.05) is 0 Å². The Bertz CT molecular complexity index is 459. The van der Waals surface area contributed by atoms with Crippen molar-refractivity contribution in [1.82, 2.24) is 0 Å². The van der Waals surface area contributed by atoms with Crippen LogP contribution in [-0.4, -0.2) is 19.7 Å². The molecule has 0 unspecified atom stereocenters. The van der Waals surface area contributed by atoms with E-state index in [0.29, 0.717) is 35.8 Å². The summed E-state index contributed by atoms with van der Waals surface area (Å²) in [6.07, 6.45) is 7.28. The molecule has 0 bridgehead atoms. The van der Waals surface area contributed by atoms with Gasteiger partial charge in [-0.25, -0.2) is 0 Å². The van der Waals surface area contributed by atoms with E-state index in [1.54, 1.807) is 12.1 Å². The maximum atomic E-state index is 10.9. The zero-order valence-electron chi connectivity index (χ0n) is 9.27. The van der Waals surface area contributed by atoms with Gasteiger partial charge in [0.15, 0.2) is 17.8 Å². The third kappa shape index (κ3) is 2.51. The summed E-state index contributed by atoms with van der Waals surface area (Å²) in [4.78, 5) is 10.9. The average molecular weight is 232 g/mol. The van der Waals surface area contributed by atoms with Crippen LogP contribution in [0.1, 0.15) is 23.2 Å². The summed E-state index contributed by atoms with van der Waals surface area (Å²) in [5, 5.41) is 0. The second kappa shape index (κ2) is 5.26. The Morgan fingerprint density at radius 3 is 2.88 bits per heavy atom. The lowest BCUT2D eigenvalue weighted by molar-refractivity contribution is 0.111. The normalized spacial score (nSPS) is 11.9. The highest BCUT2D eigenvalue weighted by Gasteiger charge is 2.17. The molecule has 0 amide bonds. The highest BCUT2D eigenvalue weighted by molar-refractivity contribution is 5.81. The van der Waals surface area contributed by atoms with Crippen LogP contribution in [0, 0.1) is 12.3 Å². The highest BCUT2D eigenvalue weighted by atomic mass is 16.7. The smallest absolute Gasteiger partial charge is 0.231 e. The molecule has 4 heteroatoms. The Kier molecular flexibility index (Phi) is 3.51. The monoisotopic (exact) mass is 232 g/mol. The number of unbranched alkanes of at least 4 members (excludes halogenated alkanes) is 1. The summed E-state index contributed by atoms with van der Waals surface area (Å²) in [7, 11) is 0. The molecule has 0 atom stereocenters. The zero-order valence-corrected chi connectivity index (χ0v) is 9.27. The molecular weight excluding hydrogens is 220 g/mol. The van der Waals surface area contributed by atoms with Crippen molar-refractivity contribution in [1.29, 1.82) is 0 Å². The van der Waals surface area contributed by atoms with Crippen LogP contribution in [-0.2, 0) is 0 Å². The maximum Gasteiger partial charge on any atom is 0.231 e. The Hall–Kier alpha value is -2.15. The maximum absolute atomic E-state index is 10.9. The summed E-state index contributed by atoms with van der Waals surface area (Å²) in [6, 6.07) is 3.29. The molecule has 17 heavy (non-hydrogen) atoms. The van der Waals surface area contributed by atoms with Crippen molar-refractivity contribution in [3.8, 4) is 29.6 Å². The summed E-state index contributed by atoms with van der Waals surface area (Å²) in [5.41, 5.74) is 0.454. The van der Waals surface area contributed by atoms with Gasteiger partial charge in [-0.3, -0.25) is 4.79 Å². The van der Waals surface area contributed by atoms with Crippen molar-refractivity contribution < 1.29 is 19.0 Å². The van der Waals surface area contributed by atoms with Crippen LogP contribution < -0.4 is 14.2 Å². The minimum atomic E-state index is 0.175. The molecule has 4 nitrogen and oxygen atoms in total. The van der Waals surface area contributed by atoms with Crippen molar-refractivity contribution in [2.24, 2.45) is 0 Å². The lowest BCUT2D eigenvalue weighted by Crippen LogP contribution is -1.99. The fourth-order valence-corrected chi connectivity index (χ4v) is 1.51. The van der Waals surface area contributed by atoms with Crippen LogP contribution in [0.3, 0.4) is 0 Å². The molecule has 0 N–H and O–H groups in total. The predicted molar refractivity (Wildman–Crippen MR) is 61.5 cm³/mol. The van der Waals surface area contributed by atoms with Gasteiger partial charge in [0.05, 0.1) is 12.2 Å². The first kappa shape index (κ1) is 11.3. The third-order valence-electron chi connectivity index (χ3n) is 2.35. The van der Waals surface area contributed by atoms with Crippen molar-refractivity contribution in [3.63, 3.8) is 0 Å². The molecule has 88 valence electrons. The largest absolute Gasteiger partial charge is 0.493 e. The first-order chi connectivity index (χ1) is 8.35. The van der Waals surface area contributed by atoms with E-state index in [9.17, 15) is 4.79 Å². The second-order valence-corrected chi connectivity index (χ2v) is 3.52. The van der Waals surface area contributed by atoms with E-state index in [4.69, 9.17) is 20.6 Å². The highest BCUT2D eigenvalue weighted by Crippen LogP contribution is 2.37. The third-order valence-corrected chi connectivity index (χ3v) is 2.35. The Labute approximate surface area is 99.5 Å². The Balaban J connectivity index is 2.10. The van der Waals surface area contributed by atoms with Crippen LogP contribution >= 0.6 is 0 Å². The van der Waals surface area contributed by atoms with Gasteiger partial charge in [0.1, 0.15) is 5.75 Å². The minimum absolute atomic E-state index is 0.175. The topological polar surface area (TPSA) is 44.8 Å². The number of terminal acetylenes is 1. The fourth-order valence-electron chi connectivity index (χ4n) is 1.51. The second-order valence-electron chi connectivity index (χ2n) is 3.52. The predicted octanol–water partition coefficient (Wildman–Crippen LogP) is 2.02. The van der Waals surface area contributed by atoms with Gasteiger partial charge in [-0.15, -0.1) is 12.3 Å². The number of benzene rings is 1. The summed E-state index contributed by atoms with van der Waals surface area (Å²) >= 11 is 0. The molecule has 1 aromatic rings. The van der Waals surface area contributed by atoms with Gasteiger partial charge in [-0.1, -0.05) is 0 Å². The number of fused-ring (bicyclic) bond motifs is 1. The standard InChI is InChI=1S/C13H12O4/c1-2-3-4-5-15-11-7-13-12(16-9-17-13)6-10(11)8-14/h1,6-8H,3-5,9H2. The van der Waals surface area contributed by atoms with Crippen LogP contribution in [0.2, 0.25) is 0 Å². The molecule has 0 fully saturated rings. The van der Waals surface area contributed by atoms with E-state index in [2.05, 4.69) is 5.92 Å². The molecule has 1 aromatic carbocycles. The molecule has 1 aliphatic heterocycles. The summed E-state index contributed by atoms with van der Waals surface area (Å²) in [6.45, 7) is 0.652. The molecule has 1 aliphatic rings. The molecule has 0 aromatic heterocycles. The van der Waals surface area contributed by atoms with Gasteiger partial charge in [-0.2, -0.15) is 0 Å². The molecule has 2 rings (SSSR count). The first-order valence-corrected chi connectivity index (χ1v) is 5.30. The van der Waals surface area contributed by atoms with Crippen molar-refractivity contribution in [3.05, 3.63) is 17.7 Å². The lowest BCUT2D eigenvalue weighted by Gasteiger charge is -2.08. The number of aldehydes is 1. The van der Waals surface area contributed by atoms with E-state index in [1.165, 1.54) is 0 Å². The Morgan fingerprint density at radius 1 is 1.41 bits per heavy atom. The average Bonchev–Trinajstić information content (AvgIpc) is 2.80. The molecule has 0 spiro atoms. The van der Waals surface area contributed by atoms with Crippen LogP contribution in [0.4, 0.5) is 0 Å². The SMILES string of the molecule is C#CCCCOc1cc2c(cc1C=O)OCO2. The van der Waals surface area contributed by atoms with E-state index in [0.717, 1.165) is 12.7 Å². The number of hydrogen-bond acceptors (Lipinski definition) is 4. The summed E-state index contributed by atoms with van der Waals surface area (Å²) < 4.78 is 15.9. The van der Waals surface area contributed by atoms with Crippen molar-refractivity contribution in [2.75, 3.05) is 13.4 Å². The van der Waals surface area contributed by atoms with Crippen LogP contribution in [0.5, 0.6) is 17.2 Å². The zero-order chi connectivity index (χ0) is 12.1. The van der Waals surface area contributed by atoms with Gasteiger partial charge in [-0.05, 0) is 12.5 Å². The van der Waals surface area contributed by atoms with E-state index in [-0.39, 0.29) is 6.79 Å². The summed E-state index contributed by atoms with van der Waals surface area (Å²) in [5.74, 6) is 4.20. The minimum Gasteiger partial charge on any atom is -0.493 e. The fraction of sp³-hybridized carbons (Fsp3) is 0.308. The number of ether oxygens (including phenoxy) is 3. The number of carbonyl (C=O) groups excluding carboxylic acids is 1. The number of hydrogen-bond donors (Lipinski definition) is 0. The molecule has 0 saturated heterocycles. The molecule has 0 aliphatic carbocycles. The van der Waals surface area contributed by atoms with E-state index < -0.39 is 0 Å². The quantitative estimate of drug-likeness (QED) is 0.442. The van der Waals surface area contributed by atoms with Crippen LogP contribution in [0.15, 0.2) is 12.1 Å². The van der Waals surface area contributed by atoms with Gasteiger partial charge in [0.25, 0.3) is 0 Å². The molecule has 0 saturated carbocycles. The first-order valence-electron chi connectivity index (χ1n) is 5.30. The van der Waals surface area contributed by atoms with E-state index >= 15 is 0 Å². The van der Waals surface area contributed by atoms with Gasteiger partial charge >= 0.3 is 0 Å². The molecular formula is C13H12O4. The Morgan fingerprint density at radius 2 is 2.18 bits per heavy atom. The van der Waals surface area contributed by atoms with Gasteiger partial charge in [0.2, 0.25) is 6.79 Å².